The zero-order chi connectivity index (χ0) is 31.4. The monoisotopic (exact) mass is 594 g/mol. The highest BCUT2D eigenvalue weighted by atomic mass is 16.6. The van der Waals surface area contributed by atoms with E-state index in [4.69, 9.17) is 19.4 Å². The maximum absolute atomic E-state index is 12.6. The summed E-state index contributed by atoms with van der Waals surface area (Å²) in [5, 5.41) is 0. The van der Waals surface area contributed by atoms with E-state index in [0.29, 0.717) is 24.2 Å². The molecule has 8 bridgehead atoms. The van der Waals surface area contributed by atoms with Gasteiger partial charge in [-0.3, -0.25) is 9.59 Å². The highest BCUT2D eigenvalue weighted by molar-refractivity contribution is 5.95. The number of H-pyrrole nitrogens is 2. The number of aryl methyl sites for hydroxylation is 2. The van der Waals surface area contributed by atoms with E-state index in [1.54, 1.807) is 0 Å². The van der Waals surface area contributed by atoms with Crippen LogP contribution in [0.25, 0.3) is 45.4 Å². The molecule has 0 radical (unpaired) electrons. The Morgan fingerprint density at radius 2 is 1.00 bits per heavy atom. The highest BCUT2D eigenvalue weighted by Gasteiger charge is 2.27. The lowest BCUT2D eigenvalue weighted by atomic mass is 10.0. The number of nitrogens with zero attached hydrogens (tertiary/aromatic N) is 2. The zero-order valence-electron chi connectivity index (χ0n) is 26.6. The molecular formula is C36H42N4O4. The number of esters is 2. The smallest absolute Gasteiger partial charge is 0.308 e. The normalized spacial score (nSPS) is 12.6. The first-order valence-corrected chi connectivity index (χ1v) is 15.8. The molecule has 0 amide bonds. The van der Waals surface area contributed by atoms with Crippen molar-refractivity contribution in [2.45, 2.75) is 92.9 Å². The van der Waals surface area contributed by atoms with E-state index in [-0.39, 0.29) is 11.5 Å². The number of ether oxygens (including phenoxy) is 2. The van der Waals surface area contributed by atoms with Crippen LogP contribution in [-0.4, -0.2) is 31.9 Å². The SMILES string of the molecule is CCCC1=Cc2nc1c(OC(C)=O)c(OC(C)=O)c1nc(c3cc(CCC)c(ccc4[nH]c2cc4CCC)[nH]3)C=C1CCC. The fourth-order valence-corrected chi connectivity index (χ4v) is 5.92. The first-order valence-electron chi connectivity index (χ1n) is 15.8. The zero-order valence-corrected chi connectivity index (χ0v) is 26.6. The van der Waals surface area contributed by atoms with Crippen molar-refractivity contribution in [2.75, 3.05) is 0 Å². The van der Waals surface area contributed by atoms with Crippen molar-refractivity contribution >= 4 is 57.3 Å². The second kappa shape index (κ2) is 13.5. The number of aromatic amines is 2. The molecule has 0 fully saturated rings. The largest absolute Gasteiger partial charge is 0.420 e. The second-order valence-corrected chi connectivity index (χ2v) is 11.5. The highest BCUT2D eigenvalue weighted by Crippen LogP contribution is 2.44. The van der Waals surface area contributed by atoms with Gasteiger partial charge in [-0.05, 0) is 84.4 Å². The number of carbonyl (C=O) groups is 2. The van der Waals surface area contributed by atoms with E-state index in [1.165, 1.54) is 25.0 Å². The number of nitrogens with one attached hydrogen (secondary N) is 2. The maximum Gasteiger partial charge on any atom is 0.308 e. The molecule has 3 aromatic rings. The van der Waals surface area contributed by atoms with Crippen LogP contribution in [0, 0.1) is 0 Å². The topological polar surface area (TPSA) is 110 Å². The summed E-state index contributed by atoms with van der Waals surface area (Å²) in [6.07, 6.45) is 11.0. The Bertz CT molecular complexity index is 1690. The summed E-state index contributed by atoms with van der Waals surface area (Å²) >= 11 is 0. The van der Waals surface area contributed by atoms with E-state index in [0.717, 1.165) is 83.1 Å². The van der Waals surface area contributed by atoms with Crippen molar-refractivity contribution in [1.82, 2.24) is 19.9 Å². The van der Waals surface area contributed by atoms with Crippen LogP contribution in [0.5, 0.6) is 11.5 Å². The van der Waals surface area contributed by atoms with Crippen LogP contribution < -0.4 is 9.47 Å². The number of rotatable bonds is 10. The van der Waals surface area contributed by atoms with Gasteiger partial charge in [0.2, 0.25) is 11.5 Å². The summed E-state index contributed by atoms with van der Waals surface area (Å²) in [6, 6.07) is 8.59. The minimum absolute atomic E-state index is 0.107. The number of aromatic nitrogens is 4. The number of carbonyl (C=O) groups excluding carboxylic acids is 2. The molecule has 0 spiro atoms. The Kier molecular flexibility index (Phi) is 9.47. The summed E-state index contributed by atoms with van der Waals surface area (Å²) in [7, 11) is 0. The Labute approximate surface area is 258 Å². The molecule has 2 N–H and O–H groups in total. The third kappa shape index (κ3) is 6.39. The molecule has 0 atom stereocenters. The Morgan fingerprint density at radius 3 is 1.34 bits per heavy atom. The fraction of sp³-hybridized carbons (Fsp3) is 0.389. The van der Waals surface area contributed by atoms with Crippen LogP contribution in [0.3, 0.4) is 0 Å². The predicted molar refractivity (Wildman–Crippen MR) is 177 cm³/mol. The van der Waals surface area contributed by atoms with Gasteiger partial charge in [0.05, 0.1) is 22.4 Å². The van der Waals surface area contributed by atoms with Crippen LogP contribution in [0.15, 0.2) is 24.3 Å². The third-order valence-electron chi connectivity index (χ3n) is 7.74. The van der Waals surface area contributed by atoms with Crippen molar-refractivity contribution in [3.05, 3.63) is 58.2 Å². The molecule has 2 aliphatic rings. The first-order chi connectivity index (χ1) is 21.3. The lowest BCUT2D eigenvalue weighted by Crippen LogP contribution is -2.10. The van der Waals surface area contributed by atoms with Crippen molar-refractivity contribution in [3.8, 4) is 11.5 Å². The van der Waals surface area contributed by atoms with Crippen LogP contribution in [0.2, 0.25) is 0 Å². The minimum Gasteiger partial charge on any atom is -0.420 e. The van der Waals surface area contributed by atoms with Crippen LogP contribution in [0.4, 0.5) is 0 Å². The van der Waals surface area contributed by atoms with Crippen LogP contribution >= 0.6 is 0 Å². The minimum atomic E-state index is -0.536. The van der Waals surface area contributed by atoms with Gasteiger partial charge in [0.25, 0.3) is 0 Å². The van der Waals surface area contributed by atoms with Crippen molar-refractivity contribution in [1.29, 1.82) is 0 Å². The van der Waals surface area contributed by atoms with Crippen LogP contribution in [0.1, 0.15) is 114 Å². The average Bonchev–Trinajstić information content (AvgIpc) is 3.75. The van der Waals surface area contributed by atoms with Gasteiger partial charge in [0.15, 0.2) is 0 Å². The lowest BCUT2D eigenvalue weighted by molar-refractivity contribution is -0.134. The van der Waals surface area contributed by atoms with E-state index in [1.807, 2.05) is 12.2 Å². The molecule has 3 aromatic heterocycles. The van der Waals surface area contributed by atoms with Crippen molar-refractivity contribution < 1.29 is 19.1 Å². The summed E-state index contributed by atoms with van der Waals surface area (Å²) in [5.74, 6) is -0.858. The molecular weight excluding hydrogens is 552 g/mol. The standard InChI is InChI=1S/C36H42N4O4/c1-7-11-23-17-29-31-19-25(13-9-3)33(39-31)35(43-21(5)41)36(44-22(6)42)34-26(14-10-4)20-32(40-34)30-18-24(12-8-2)28(38-30)16-15-27(23)37-29/h15-20,37-38H,7-14H2,1-6H3. The number of hydrogen-bond donors (Lipinski definition) is 2. The number of fused-ring (bicyclic) bond motifs is 10. The maximum atomic E-state index is 12.6. The van der Waals surface area contributed by atoms with E-state index >= 15 is 0 Å². The molecule has 5 heterocycles. The summed E-state index contributed by atoms with van der Waals surface area (Å²) < 4.78 is 11.8. The molecule has 0 aliphatic carbocycles. The third-order valence-corrected chi connectivity index (χ3v) is 7.74. The molecule has 8 heteroatoms. The predicted octanol–water partition coefficient (Wildman–Crippen LogP) is 8.75. The van der Waals surface area contributed by atoms with Crippen molar-refractivity contribution in [3.63, 3.8) is 0 Å². The Balaban J connectivity index is 2.02. The van der Waals surface area contributed by atoms with Gasteiger partial charge >= 0.3 is 11.9 Å². The summed E-state index contributed by atoms with van der Waals surface area (Å²) in [6.45, 7) is 11.2. The molecule has 44 heavy (non-hydrogen) atoms. The summed E-state index contributed by atoms with van der Waals surface area (Å²) in [4.78, 5) is 42.5. The Hall–Kier alpha value is -4.46. The second-order valence-electron chi connectivity index (χ2n) is 11.5. The Morgan fingerprint density at radius 1 is 0.614 bits per heavy atom. The van der Waals surface area contributed by atoms with E-state index < -0.39 is 11.9 Å². The van der Waals surface area contributed by atoms with Gasteiger partial charge in [0.1, 0.15) is 11.4 Å². The van der Waals surface area contributed by atoms with Gasteiger partial charge in [-0.25, -0.2) is 9.97 Å². The van der Waals surface area contributed by atoms with Gasteiger partial charge in [-0.1, -0.05) is 53.4 Å². The first kappa shape index (κ1) is 31.0. The van der Waals surface area contributed by atoms with Crippen LogP contribution in [-0.2, 0) is 22.4 Å². The van der Waals surface area contributed by atoms with E-state index in [9.17, 15) is 9.59 Å². The van der Waals surface area contributed by atoms with E-state index in [2.05, 4.69) is 61.9 Å². The van der Waals surface area contributed by atoms with Gasteiger partial charge in [-0.2, -0.15) is 0 Å². The van der Waals surface area contributed by atoms with Gasteiger partial charge in [0, 0.05) is 24.9 Å². The molecule has 0 unspecified atom stereocenters. The summed E-state index contributed by atoms with van der Waals surface area (Å²) in [5.41, 5.74) is 10.4. The number of allylic oxidation sites excluding steroid dienone is 2. The number of hydrogen-bond acceptors (Lipinski definition) is 6. The molecule has 8 nitrogen and oxygen atoms in total. The van der Waals surface area contributed by atoms with Gasteiger partial charge in [-0.15, -0.1) is 0 Å². The molecule has 5 rings (SSSR count). The molecule has 0 saturated carbocycles. The van der Waals surface area contributed by atoms with Crippen molar-refractivity contribution in [2.24, 2.45) is 0 Å². The fourth-order valence-electron chi connectivity index (χ4n) is 5.92. The molecule has 230 valence electrons. The average molecular weight is 595 g/mol. The molecule has 2 aliphatic heterocycles. The lowest BCUT2D eigenvalue weighted by Gasteiger charge is -2.13. The van der Waals surface area contributed by atoms with Gasteiger partial charge < -0.3 is 19.4 Å². The molecule has 0 aromatic carbocycles. The quantitative estimate of drug-likeness (QED) is 0.227. The molecule has 0 saturated heterocycles.